The number of nitrogens with one attached hydrogen (secondary N) is 1. The average Bonchev–Trinajstić information content (AvgIpc) is 3.49. The third kappa shape index (κ3) is 9.78. The number of fused-ring (bicyclic) bond motifs is 1. The predicted octanol–water partition coefficient (Wildman–Crippen LogP) is 5.13. The van der Waals surface area contributed by atoms with Crippen molar-refractivity contribution in [1.29, 1.82) is 0 Å². The van der Waals surface area contributed by atoms with Crippen LogP contribution in [0.2, 0.25) is 0 Å². The largest absolute Gasteiger partial charge is 0.411 e. The summed E-state index contributed by atoms with van der Waals surface area (Å²) >= 11 is 0. The Morgan fingerprint density at radius 2 is 1.72 bits per heavy atom. The summed E-state index contributed by atoms with van der Waals surface area (Å²) in [6.45, 7) is 8.76. The van der Waals surface area contributed by atoms with E-state index in [0.29, 0.717) is 31.6 Å². The number of sulfonamides is 1. The van der Waals surface area contributed by atoms with Gasteiger partial charge in [0.2, 0.25) is 15.9 Å². The van der Waals surface area contributed by atoms with E-state index in [-0.39, 0.29) is 42.3 Å². The Labute approximate surface area is 312 Å². The molecular weight excluding hydrogens is 693 g/mol. The van der Waals surface area contributed by atoms with Crippen LogP contribution in [-0.2, 0) is 27.8 Å². The summed E-state index contributed by atoms with van der Waals surface area (Å²) in [6, 6.07) is 23.2. The number of aliphatic hydroxyl groups is 1. The normalized spacial score (nSPS) is 16.1. The number of urea groups is 1. The van der Waals surface area contributed by atoms with Gasteiger partial charge in [0.15, 0.2) is 0 Å². The van der Waals surface area contributed by atoms with Crippen LogP contribution in [0.25, 0.3) is 10.9 Å². The van der Waals surface area contributed by atoms with Gasteiger partial charge in [-0.25, -0.2) is 13.2 Å². The summed E-state index contributed by atoms with van der Waals surface area (Å²) in [5.41, 5.74) is 3.21. The molecule has 0 saturated carbocycles. The van der Waals surface area contributed by atoms with E-state index in [9.17, 15) is 23.1 Å². The number of aromatic nitrogens is 1. The number of oxime groups is 1. The molecule has 282 valence electrons. The molecule has 0 radical (unpaired) electrons. The van der Waals surface area contributed by atoms with Crippen molar-refractivity contribution in [2.75, 3.05) is 26.2 Å². The van der Waals surface area contributed by atoms with Crippen LogP contribution in [0, 0.1) is 11.8 Å². The molecule has 12 nitrogen and oxygen atoms in total. The molecule has 0 spiro atoms. The fourth-order valence-electron chi connectivity index (χ4n) is 6.76. The first-order valence-electron chi connectivity index (χ1n) is 18.1. The zero-order valence-corrected chi connectivity index (χ0v) is 31.6. The highest BCUT2D eigenvalue weighted by Crippen LogP contribution is 2.25. The summed E-state index contributed by atoms with van der Waals surface area (Å²) in [7, 11) is -4.06. The van der Waals surface area contributed by atoms with Crippen LogP contribution in [0.4, 0.5) is 4.79 Å². The minimum Gasteiger partial charge on any atom is -0.411 e. The van der Waals surface area contributed by atoms with Crippen molar-refractivity contribution in [3.8, 4) is 0 Å². The fourth-order valence-corrected chi connectivity index (χ4v) is 8.38. The maximum absolute atomic E-state index is 14.4. The number of amides is 3. The van der Waals surface area contributed by atoms with Gasteiger partial charge in [0, 0.05) is 44.3 Å². The van der Waals surface area contributed by atoms with Crippen molar-refractivity contribution in [1.82, 2.24) is 24.4 Å². The number of pyridine rings is 1. The van der Waals surface area contributed by atoms with E-state index in [4.69, 9.17) is 5.21 Å². The van der Waals surface area contributed by atoms with Crippen molar-refractivity contribution >= 4 is 39.1 Å². The van der Waals surface area contributed by atoms with Crippen LogP contribution in [0.3, 0.4) is 0 Å². The van der Waals surface area contributed by atoms with Crippen molar-refractivity contribution in [2.24, 2.45) is 17.0 Å². The van der Waals surface area contributed by atoms with Crippen LogP contribution in [0.5, 0.6) is 0 Å². The van der Waals surface area contributed by atoms with Gasteiger partial charge in [0.1, 0.15) is 6.04 Å². The van der Waals surface area contributed by atoms with E-state index in [1.54, 1.807) is 16.0 Å². The van der Waals surface area contributed by atoms with Gasteiger partial charge in [-0.2, -0.15) is 4.31 Å². The second-order valence-corrected chi connectivity index (χ2v) is 16.1. The van der Waals surface area contributed by atoms with Gasteiger partial charge in [-0.05, 0) is 65.3 Å². The van der Waals surface area contributed by atoms with E-state index < -0.39 is 34.1 Å². The number of rotatable bonds is 17. The Kier molecular flexibility index (Phi) is 13.2. The van der Waals surface area contributed by atoms with Crippen LogP contribution >= 0.6 is 0 Å². The van der Waals surface area contributed by atoms with Gasteiger partial charge in [-0.3, -0.25) is 9.78 Å². The SMILES string of the molecule is CC[C@H](C)[C@@H](C(=O)N[C@@H](Cc1ccccc1)[C@H](O)CN(CC(C)C)S(=O)(=O)c1ccc(/C=N/O)cc1)N1CCN(Cc2ccc3ncccc3c2)C1=O. The molecule has 3 aromatic carbocycles. The summed E-state index contributed by atoms with van der Waals surface area (Å²) in [5, 5.41) is 27.8. The van der Waals surface area contributed by atoms with Gasteiger partial charge in [0.25, 0.3) is 0 Å². The molecule has 1 aliphatic rings. The van der Waals surface area contributed by atoms with Crippen molar-refractivity contribution in [3.63, 3.8) is 0 Å². The summed E-state index contributed by atoms with van der Waals surface area (Å²) in [6.07, 6.45) is 2.52. The Hall–Kier alpha value is -4.85. The van der Waals surface area contributed by atoms with Gasteiger partial charge < -0.3 is 25.4 Å². The molecule has 4 atom stereocenters. The van der Waals surface area contributed by atoms with Crippen LogP contribution < -0.4 is 5.32 Å². The van der Waals surface area contributed by atoms with Crippen LogP contribution in [0.1, 0.15) is 50.8 Å². The highest BCUT2D eigenvalue weighted by Gasteiger charge is 2.41. The molecule has 0 aliphatic carbocycles. The van der Waals surface area contributed by atoms with E-state index >= 15 is 0 Å². The fraction of sp³-hybridized carbons (Fsp3) is 0.400. The third-order valence-corrected chi connectivity index (χ3v) is 11.6. The zero-order valence-electron chi connectivity index (χ0n) is 30.7. The predicted molar refractivity (Wildman–Crippen MR) is 205 cm³/mol. The Balaban J connectivity index is 1.37. The monoisotopic (exact) mass is 742 g/mol. The first-order valence-corrected chi connectivity index (χ1v) is 19.5. The van der Waals surface area contributed by atoms with Gasteiger partial charge >= 0.3 is 6.03 Å². The quantitative estimate of drug-likeness (QED) is 0.0770. The lowest BCUT2D eigenvalue weighted by Crippen LogP contribution is -2.57. The second-order valence-electron chi connectivity index (χ2n) is 14.2. The lowest BCUT2D eigenvalue weighted by molar-refractivity contribution is -0.128. The molecule has 1 aromatic heterocycles. The summed E-state index contributed by atoms with van der Waals surface area (Å²) < 4.78 is 29.1. The number of hydrogen-bond donors (Lipinski definition) is 3. The smallest absolute Gasteiger partial charge is 0.321 e. The number of aliphatic hydroxyl groups excluding tert-OH is 1. The molecule has 5 rings (SSSR count). The minimum atomic E-state index is -4.06. The standard InChI is InChI=1S/C40H50N6O6S/c1-5-29(4)38(46-21-20-44(40(46)49)26-32-15-18-35-33(22-32)12-9-19-41-35)39(48)43-36(23-30-10-7-6-8-11-30)37(47)27-45(25-28(2)3)53(51,52)34-16-13-31(14-17-34)24-42-50/h6-19,22,24,28-29,36-38,47,50H,5,20-21,23,25-27H2,1-4H3,(H,43,48)/b42-24+/t29-,36-,37+,38-/m0/s1. The highest BCUT2D eigenvalue weighted by molar-refractivity contribution is 7.89. The lowest BCUT2D eigenvalue weighted by atomic mass is 9.95. The molecule has 1 saturated heterocycles. The van der Waals surface area contributed by atoms with Gasteiger partial charge in [-0.1, -0.05) is 93.9 Å². The lowest BCUT2D eigenvalue weighted by Gasteiger charge is -2.35. The van der Waals surface area contributed by atoms with E-state index in [1.807, 2.05) is 88.4 Å². The van der Waals surface area contributed by atoms with Gasteiger partial charge in [0.05, 0.1) is 28.8 Å². The molecule has 2 heterocycles. The molecule has 53 heavy (non-hydrogen) atoms. The van der Waals surface area contributed by atoms with Crippen LogP contribution in [0.15, 0.2) is 101 Å². The number of hydrogen-bond acceptors (Lipinski definition) is 8. The molecule has 3 N–H and O–H groups in total. The first kappa shape index (κ1) is 39.4. The van der Waals surface area contributed by atoms with E-state index in [0.717, 1.165) is 22.0 Å². The van der Waals surface area contributed by atoms with E-state index in [1.165, 1.54) is 34.8 Å². The Morgan fingerprint density at radius 1 is 0.981 bits per heavy atom. The Morgan fingerprint density at radius 3 is 2.40 bits per heavy atom. The molecule has 1 aliphatic heterocycles. The minimum absolute atomic E-state index is 0.0263. The molecular formula is C40H50N6O6S. The van der Waals surface area contributed by atoms with Crippen molar-refractivity contribution < 1.29 is 28.3 Å². The maximum atomic E-state index is 14.4. The number of carbonyl (C=O) groups excluding carboxylic acids is 2. The van der Waals surface area contributed by atoms with Crippen LogP contribution in [-0.4, -0.2) is 100 Å². The summed E-state index contributed by atoms with van der Waals surface area (Å²) in [5.74, 6) is -0.660. The average molecular weight is 743 g/mol. The second kappa shape index (κ2) is 17.8. The molecule has 4 aromatic rings. The van der Waals surface area contributed by atoms with E-state index in [2.05, 4.69) is 15.5 Å². The molecule has 13 heteroatoms. The molecule has 0 bridgehead atoms. The highest BCUT2D eigenvalue weighted by atomic mass is 32.2. The number of benzene rings is 3. The van der Waals surface area contributed by atoms with Gasteiger partial charge in [-0.15, -0.1) is 0 Å². The summed E-state index contributed by atoms with van der Waals surface area (Å²) in [4.78, 5) is 36.1. The number of carbonyl (C=O) groups is 2. The molecule has 1 fully saturated rings. The third-order valence-electron chi connectivity index (χ3n) is 9.73. The zero-order chi connectivity index (χ0) is 38.1. The maximum Gasteiger partial charge on any atom is 0.321 e. The Bertz CT molecular complexity index is 1970. The first-order chi connectivity index (χ1) is 25.4. The molecule has 3 amide bonds. The van der Waals surface area contributed by atoms with Crippen molar-refractivity contribution in [2.45, 2.75) is 70.2 Å². The topological polar surface area (TPSA) is 156 Å². The van der Waals surface area contributed by atoms with Crippen molar-refractivity contribution in [3.05, 3.63) is 108 Å². The number of nitrogens with zero attached hydrogens (tertiary/aromatic N) is 5. The molecule has 0 unspecified atom stereocenters.